The lowest BCUT2D eigenvalue weighted by Gasteiger charge is -2.39. The van der Waals surface area contributed by atoms with E-state index in [0.717, 1.165) is 31.9 Å². The number of amides is 1. The molecule has 1 aromatic rings. The zero-order chi connectivity index (χ0) is 15.6. The van der Waals surface area contributed by atoms with E-state index in [2.05, 4.69) is 57.9 Å². The minimum absolute atomic E-state index is 0.0598. The van der Waals surface area contributed by atoms with Crippen LogP contribution in [-0.2, 0) is 0 Å². The highest BCUT2D eigenvalue weighted by molar-refractivity contribution is 9.13. The highest BCUT2D eigenvalue weighted by Crippen LogP contribution is 2.40. The Kier molecular flexibility index (Phi) is 5.94. The Morgan fingerprint density at radius 2 is 1.95 bits per heavy atom. The quantitative estimate of drug-likeness (QED) is 0.616. The van der Waals surface area contributed by atoms with Gasteiger partial charge in [-0.1, -0.05) is 27.2 Å². The van der Waals surface area contributed by atoms with Crippen molar-refractivity contribution in [3.05, 3.63) is 19.2 Å². The van der Waals surface area contributed by atoms with Crippen LogP contribution in [0.15, 0.2) is 14.3 Å². The molecule has 5 heteroatoms. The Hall–Kier alpha value is 0.130. The summed E-state index contributed by atoms with van der Waals surface area (Å²) in [4.78, 5) is 13.0. The number of thiophene rings is 1. The third kappa shape index (κ3) is 4.32. The molecule has 1 heterocycles. The number of rotatable bonds is 4. The van der Waals surface area contributed by atoms with Gasteiger partial charge in [-0.2, -0.15) is 0 Å². The molecule has 0 aromatic carbocycles. The van der Waals surface area contributed by atoms with Gasteiger partial charge in [0, 0.05) is 10.5 Å². The topological polar surface area (TPSA) is 29.1 Å². The van der Waals surface area contributed by atoms with Crippen molar-refractivity contribution < 1.29 is 4.79 Å². The second kappa shape index (κ2) is 7.14. The van der Waals surface area contributed by atoms with E-state index in [1.165, 1.54) is 30.6 Å². The van der Waals surface area contributed by atoms with Crippen LogP contribution in [-0.4, -0.2) is 11.9 Å². The van der Waals surface area contributed by atoms with Crippen LogP contribution in [0.1, 0.15) is 62.5 Å². The first kappa shape index (κ1) is 17.5. The molecule has 1 N–H and O–H groups in total. The van der Waals surface area contributed by atoms with Crippen LogP contribution in [0.2, 0.25) is 0 Å². The van der Waals surface area contributed by atoms with E-state index in [1.807, 2.05) is 6.07 Å². The molecule has 0 saturated heterocycles. The monoisotopic (exact) mass is 435 g/mol. The average Bonchev–Trinajstić information content (AvgIpc) is 2.79. The van der Waals surface area contributed by atoms with E-state index in [0.29, 0.717) is 11.5 Å². The van der Waals surface area contributed by atoms with Crippen molar-refractivity contribution in [1.29, 1.82) is 0 Å². The molecule has 1 amide bonds. The minimum Gasteiger partial charge on any atom is -0.349 e. The fraction of sp³-hybridized carbons (Fsp3) is 0.688. The van der Waals surface area contributed by atoms with Crippen molar-refractivity contribution in [2.75, 3.05) is 0 Å². The molecule has 1 aliphatic rings. The zero-order valence-corrected chi connectivity index (χ0v) is 16.8. The molecule has 1 aromatic heterocycles. The summed E-state index contributed by atoms with van der Waals surface area (Å²) in [6, 6.07) is 2.22. The van der Waals surface area contributed by atoms with E-state index in [9.17, 15) is 4.79 Å². The lowest BCUT2D eigenvalue weighted by molar-refractivity contribution is 0.0897. The molecule has 2 rings (SSSR count). The van der Waals surface area contributed by atoms with Gasteiger partial charge in [0.25, 0.3) is 5.91 Å². The minimum atomic E-state index is 0.0598. The lowest BCUT2D eigenvalue weighted by atomic mass is 9.69. The smallest absolute Gasteiger partial charge is 0.261 e. The van der Waals surface area contributed by atoms with Crippen molar-refractivity contribution in [3.8, 4) is 0 Å². The number of nitrogens with one attached hydrogen (secondary N) is 1. The van der Waals surface area contributed by atoms with Gasteiger partial charge in [-0.25, -0.2) is 0 Å². The molecule has 118 valence electrons. The molecule has 0 spiro atoms. The number of carbonyl (C=O) groups is 1. The van der Waals surface area contributed by atoms with Crippen molar-refractivity contribution in [2.45, 2.75) is 58.9 Å². The van der Waals surface area contributed by atoms with E-state index in [4.69, 9.17) is 0 Å². The lowest BCUT2D eigenvalue weighted by Crippen LogP contribution is -2.39. The molecule has 0 bridgehead atoms. The number of carbonyl (C=O) groups excluding carboxylic acids is 1. The number of halogens is 2. The maximum absolute atomic E-state index is 12.3. The first-order valence-corrected chi connectivity index (χ1v) is 9.99. The van der Waals surface area contributed by atoms with Crippen molar-refractivity contribution >= 4 is 49.1 Å². The second-order valence-electron chi connectivity index (χ2n) is 6.60. The molecule has 2 nitrogen and oxygen atoms in total. The molecule has 1 aliphatic carbocycles. The van der Waals surface area contributed by atoms with Gasteiger partial charge in [0.05, 0.1) is 8.66 Å². The van der Waals surface area contributed by atoms with Gasteiger partial charge in [0.1, 0.15) is 0 Å². The van der Waals surface area contributed by atoms with Crippen molar-refractivity contribution in [2.24, 2.45) is 11.3 Å². The van der Waals surface area contributed by atoms with Crippen LogP contribution in [0, 0.1) is 11.3 Å². The average molecular weight is 437 g/mol. The summed E-state index contributed by atoms with van der Waals surface area (Å²) in [7, 11) is 0. The Labute approximate surface area is 148 Å². The first-order chi connectivity index (χ1) is 9.83. The van der Waals surface area contributed by atoms with E-state index in [-0.39, 0.29) is 5.91 Å². The number of hydrogen-bond acceptors (Lipinski definition) is 2. The first-order valence-electron chi connectivity index (χ1n) is 7.59. The SMILES string of the molecule is CCC(C)(C)C1CCC(NC(=O)c2cc(Br)c(Br)s2)CC1. The molecule has 0 atom stereocenters. The summed E-state index contributed by atoms with van der Waals surface area (Å²) in [6.45, 7) is 7.02. The van der Waals surface area contributed by atoms with Gasteiger partial charge in [-0.05, 0) is 74.9 Å². The standard InChI is InChI=1S/C16H23Br2NOS/c1-4-16(2,3)10-5-7-11(8-6-10)19-15(20)13-9-12(17)14(18)21-13/h9-11H,4-8H2,1-3H3,(H,19,20). The largest absolute Gasteiger partial charge is 0.349 e. The van der Waals surface area contributed by atoms with E-state index >= 15 is 0 Å². The van der Waals surface area contributed by atoms with Crippen LogP contribution in [0.3, 0.4) is 0 Å². The fourth-order valence-corrected chi connectivity index (χ4v) is 4.96. The Bertz CT molecular complexity index is 485. The van der Waals surface area contributed by atoms with Gasteiger partial charge in [0.2, 0.25) is 0 Å². The van der Waals surface area contributed by atoms with Gasteiger partial charge in [0.15, 0.2) is 0 Å². The van der Waals surface area contributed by atoms with Crippen molar-refractivity contribution in [1.82, 2.24) is 5.32 Å². The maximum atomic E-state index is 12.3. The fourth-order valence-electron chi connectivity index (χ4n) is 3.02. The predicted molar refractivity (Wildman–Crippen MR) is 97.0 cm³/mol. The second-order valence-corrected chi connectivity index (χ2v) is 9.82. The Morgan fingerprint density at radius 1 is 1.33 bits per heavy atom. The highest BCUT2D eigenvalue weighted by atomic mass is 79.9. The van der Waals surface area contributed by atoms with E-state index < -0.39 is 0 Å². The molecular formula is C16H23Br2NOS. The summed E-state index contributed by atoms with van der Waals surface area (Å²) in [5.41, 5.74) is 0.429. The number of hydrogen-bond donors (Lipinski definition) is 1. The normalized spacial score (nSPS) is 23.1. The third-order valence-electron chi connectivity index (χ3n) is 4.95. The summed E-state index contributed by atoms with van der Waals surface area (Å²) in [5.74, 6) is 0.852. The zero-order valence-electron chi connectivity index (χ0n) is 12.8. The maximum Gasteiger partial charge on any atom is 0.261 e. The van der Waals surface area contributed by atoms with Gasteiger partial charge in [-0.3, -0.25) is 4.79 Å². The summed E-state index contributed by atoms with van der Waals surface area (Å²) in [5, 5.41) is 3.20. The highest BCUT2D eigenvalue weighted by Gasteiger charge is 2.32. The van der Waals surface area contributed by atoms with Gasteiger partial charge in [-0.15, -0.1) is 11.3 Å². The molecular weight excluding hydrogens is 414 g/mol. The molecule has 0 radical (unpaired) electrons. The molecule has 1 saturated carbocycles. The van der Waals surface area contributed by atoms with Gasteiger partial charge >= 0.3 is 0 Å². The Balaban J connectivity index is 1.87. The van der Waals surface area contributed by atoms with Crippen LogP contribution >= 0.6 is 43.2 Å². The molecule has 0 unspecified atom stereocenters. The molecule has 1 fully saturated rings. The molecule has 0 aliphatic heterocycles. The summed E-state index contributed by atoms with van der Waals surface area (Å²) >= 11 is 8.35. The van der Waals surface area contributed by atoms with Crippen LogP contribution in [0.5, 0.6) is 0 Å². The van der Waals surface area contributed by atoms with Crippen LogP contribution in [0.4, 0.5) is 0 Å². The summed E-state index contributed by atoms with van der Waals surface area (Å²) < 4.78 is 1.92. The van der Waals surface area contributed by atoms with Crippen molar-refractivity contribution in [3.63, 3.8) is 0 Å². The van der Waals surface area contributed by atoms with Crippen LogP contribution in [0.25, 0.3) is 0 Å². The van der Waals surface area contributed by atoms with E-state index in [1.54, 1.807) is 0 Å². The Morgan fingerprint density at radius 3 is 2.43 bits per heavy atom. The molecule has 21 heavy (non-hydrogen) atoms. The third-order valence-corrected chi connectivity index (χ3v) is 8.20. The van der Waals surface area contributed by atoms with Gasteiger partial charge < -0.3 is 5.32 Å². The predicted octanol–water partition coefficient (Wildman–Crippen LogP) is 6.00. The van der Waals surface area contributed by atoms with Crippen LogP contribution < -0.4 is 5.32 Å². The summed E-state index contributed by atoms with van der Waals surface area (Å²) in [6.07, 6.45) is 5.89.